The van der Waals surface area contributed by atoms with Gasteiger partial charge in [-0.25, -0.2) is 4.79 Å². The molecule has 88 valence electrons. The van der Waals surface area contributed by atoms with E-state index in [9.17, 15) is 4.79 Å². The minimum absolute atomic E-state index is 0.541. The van der Waals surface area contributed by atoms with Gasteiger partial charge in [0.2, 0.25) is 6.10 Å². The van der Waals surface area contributed by atoms with Crippen molar-refractivity contribution in [3.05, 3.63) is 23.1 Å². The molecule has 1 aliphatic heterocycles. The number of allylic oxidation sites excluding steroid dienone is 1. The van der Waals surface area contributed by atoms with E-state index in [1.807, 2.05) is 13.0 Å². The summed E-state index contributed by atoms with van der Waals surface area (Å²) in [5, 5.41) is 8.33. The molecule has 1 heterocycles. The predicted molar refractivity (Wildman–Crippen MR) is 52.7 cm³/mol. The lowest BCUT2D eigenvalue weighted by molar-refractivity contribution is -0.243. The summed E-state index contributed by atoms with van der Waals surface area (Å²) < 4.78 is 5.40. The zero-order chi connectivity index (χ0) is 11.5. The van der Waals surface area contributed by atoms with Gasteiger partial charge in [0.25, 0.3) is 0 Å². The van der Waals surface area contributed by atoms with Gasteiger partial charge < -0.3 is 4.74 Å². The molecule has 0 fully saturated rings. The zero-order valence-electron chi connectivity index (χ0n) is 8.86. The van der Waals surface area contributed by atoms with Crippen LogP contribution in [0.3, 0.4) is 0 Å². The molecule has 0 aromatic heterocycles. The van der Waals surface area contributed by atoms with E-state index in [0.717, 1.165) is 12.0 Å². The maximum Gasteiger partial charge on any atom is 0.377 e. The van der Waals surface area contributed by atoms with Gasteiger partial charge in [-0.15, -0.1) is 0 Å². The third kappa shape index (κ3) is 1.77. The van der Waals surface area contributed by atoms with E-state index in [-0.39, 0.29) is 0 Å². The highest BCUT2D eigenvalue weighted by atomic mass is 17.1. The molecule has 2 rings (SSSR count). The number of hydrogen-bond acceptors (Lipinski definition) is 6. The van der Waals surface area contributed by atoms with E-state index in [1.165, 1.54) is 0 Å². The normalized spacial score (nSPS) is 23.4. The second-order valence-electron chi connectivity index (χ2n) is 3.45. The van der Waals surface area contributed by atoms with E-state index in [4.69, 9.17) is 14.8 Å². The summed E-state index contributed by atoms with van der Waals surface area (Å²) in [6.45, 7) is 2.42. The Hall–Kier alpha value is -1.53. The molecule has 2 N–H and O–H groups in total. The predicted octanol–water partition coefficient (Wildman–Crippen LogP) is 0.874. The molecule has 0 aromatic rings. The van der Waals surface area contributed by atoms with E-state index >= 15 is 0 Å². The van der Waals surface area contributed by atoms with E-state index < -0.39 is 12.1 Å². The third-order valence-electron chi connectivity index (χ3n) is 2.51. The number of hydrogen-bond donors (Lipinski definition) is 2. The average molecular weight is 227 g/mol. The van der Waals surface area contributed by atoms with Gasteiger partial charge in [-0.05, 0) is 25.8 Å². The van der Waals surface area contributed by atoms with Crippen LogP contribution in [0.1, 0.15) is 19.8 Å². The van der Waals surface area contributed by atoms with Crippen LogP contribution >= 0.6 is 0 Å². The summed E-state index contributed by atoms with van der Waals surface area (Å²) in [7, 11) is 0. The summed E-state index contributed by atoms with van der Waals surface area (Å²) in [5.74, 6) is -0.146. The minimum atomic E-state index is -0.885. The Morgan fingerprint density at radius 3 is 3.25 bits per heavy atom. The van der Waals surface area contributed by atoms with Crippen LogP contribution in [0.25, 0.3) is 0 Å². The SMILES string of the molecule is CCOC1=CCCC2=C1NOC2C(=O)OO. The molecular weight excluding hydrogens is 214 g/mol. The summed E-state index contributed by atoms with van der Waals surface area (Å²) in [5.41, 5.74) is 4.06. The van der Waals surface area contributed by atoms with Crippen molar-refractivity contribution in [2.75, 3.05) is 6.61 Å². The third-order valence-corrected chi connectivity index (χ3v) is 2.51. The molecule has 2 aliphatic rings. The number of ether oxygens (including phenoxy) is 1. The van der Waals surface area contributed by atoms with Gasteiger partial charge in [-0.3, -0.25) is 15.2 Å². The first-order valence-corrected chi connectivity index (χ1v) is 5.11. The molecule has 0 amide bonds. The molecule has 0 aromatic carbocycles. The Labute approximate surface area is 92.4 Å². The summed E-state index contributed by atoms with van der Waals surface area (Å²) in [6.07, 6.45) is 2.50. The Kier molecular flexibility index (Phi) is 3.12. The largest absolute Gasteiger partial charge is 0.492 e. The van der Waals surface area contributed by atoms with Gasteiger partial charge in [-0.1, -0.05) is 0 Å². The van der Waals surface area contributed by atoms with E-state index in [2.05, 4.69) is 10.4 Å². The number of carbonyl (C=O) groups excluding carboxylic acids is 1. The Morgan fingerprint density at radius 1 is 1.75 bits per heavy atom. The van der Waals surface area contributed by atoms with E-state index in [0.29, 0.717) is 24.5 Å². The van der Waals surface area contributed by atoms with Gasteiger partial charge in [0.05, 0.1) is 6.61 Å². The molecule has 0 bridgehead atoms. The highest BCUT2D eigenvalue weighted by Crippen LogP contribution is 2.32. The molecule has 0 spiro atoms. The van der Waals surface area contributed by atoms with Crippen molar-refractivity contribution in [1.82, 2.24) is 5.48 Å². The Bertz CT molecular complexity index is 360. The van der Waals surface area contributed by atoms with Crippen LogP contribution in [0.5, 0.6) is 0 Å². The average Bonchev–Trinajstić information content (AvgIpc) is 2.73. The van der Waals surface area contributed by atoms with Crippen LogP contribution in [-0.4, -0.2) is 23.9 Å². The molecule has 0 saturated carbocycles. The maximum atomic E-state index is 11.2. The Morgan fingerprint density at radius 2 is 2.56 bits per heavy atom. The molecule has 1 atom stereocenters. The molecule has 1 aliphatic carbocycles. The van der Waals surface area contributed by atoms with Gasteiger partial charge >= 0.3 is 5.97 Å². The van der Waals surface area contributed by atoms with Gasteiger partial charge in [0.1, 0.15) is 11.5 Å². The number of nitrogens with one attached hydrogen (secondary N) is 1. The number of hydroxylamine groups is 1. The van der Waals surface area contributed by atoms with Crippen LogP contribution in [0, 0.1) is 0 Å². The van der Waals surface area contributed by atoms with Crippen LogP contribution < -0.4 is 5.48 Å². The fourth-order valence-electron chi connectivity index (χ4n) is 1.84. The van der Waals surface area contributed by atoms with Crippen molar-refractivity contribution < 1.29 is 24.5 Å². The van der Waals surface area contributed by atoms with Crippen molar-refractivity contribution in [3.63, 3.8) is 0 Å². The summed E-state index contributed by atoms with van der Waals surface area (Å²) >= 11 is 0. The highest BCUT2D eigenvalue weighted by molar-refractivity contribution is 5.79. The van der Waals surface area contributed by atoms with Gasteiger partial charge in [0.15, 0.2) is 0 Å². The molecule has 0 radical (unpaired) electrons. The van der Waals surface area contributed by atoms with Crippen molar-refractivity contribution in [1.29, 1.82) is 0 Å². The topological polar surface area (TPSA) is 77.0 Å². The summed E-state index contributed by atoms with van der Waals surface area (Å²) in [4.78, 5) is 19.9. The lowest BCUT2D eigenvalue weighted by Crippen LogP contribution is -2.26. The van der Waals surface area contributed by atoms with Gasteiger partial charge in [-0.2, -0.15) is 5.26 Å². The lowest BCUT2D eigenvalue weighted by atomic mass is 9.97. The monoisotopic (exact) mass is 227 g/mol. The second kappa shape index (κ2) is 4.54. The molecule has 16 heavy (non-hydrogen) atoms. The second-order valence-corrected chi connectivity index (χ2v) is 3.45. The Balaban J connectivity index is 2.21. The van der Waals surface area contributed by atoms with Crippen molar-refractivity contribution >= 4 is 5.97 Å². The zero-order valence-corrected chi connectivity index (χ0v) is 8.86. The van der Waals surface area contributed by atoms with E-state index in [1.54, 1.807) is 0 Å². The number of carbonyl (C=O) groups is 1. The highest BCUT2D eigenvalue weighted by Gasteiger charge is 2.37. The first-order chi connectivity index (χ1) is 7.77. The number of rotatable bonds is 3. The van der Waals surface area contributed by atoms with Crippen molar-refractivity contribution in [2.45, 2.75) is 25.9 Å². The van der Waals surface area contributed by atoms with Crippen molar-refractivity contribution in [2.24, 2.45) is 0 Å². The van der Waals surface area contributed by atoms with Crippen LogP contribution in [0.4, 0.5) is 0 Å². The quantitative estimate of drug-likeness (QED) is 0.550. The fraction of sp³-hybridized carbons (Fsp3) is 0.500. The first kappa shape index (κ1) is 11.0. The maximum absolute atomic E-state index is 11.2. The van der Waals surface area contributed by atoms with Gasteiger partial charge in [0, 0.05) is 5.57 Å². The molecular formula is C10H13NO5. The smallest absolute Gasteiger partial charge is 0.377 e. The fourth-order valence-corrected chi connectivity index (χ4v) is 1.84. The van der Waals surface area contributed by atoms with Crippen LogP contribution in [0.2, 0.25) is 0 Å². The lowest BCUT2D eigenvalue weighted by Gasteiger charge is -2.15. The van der Waals surface area contributed by atoms with Crippen LogP contribution in [-0.2, 0) is 19.3 Å². The standard InChI is InChI=1S/C10H13NO5/c1-2-14-7-5-3-4-6-8(7)11-15-9(6)10(12)16-13/h5,9,11,13H,2-4H2,1H3. The first-order valence-electron chi connectivity index (χ1n) is 5.11. The molecule has 1 unspecified atom stereocenters. The van der Waals surface area contributed by atoms with Crippen molar-refractivity contribution in [3.8, 4) is 0 Å². The minimum Gasteiger partial charge on any atom is -0.492 e. The van der Waals surface area contributed by atoms with Crippen LogP contribution in [0.15, 0.2) is 23.1 Å². The molecule has 6 heteroatoms. The summed E-state index contributed by atoms with van der Waals surface area (Å²) in [6, 6.07) is 0. The molecule has 0 saturated heterocycles. The molecule has 6 nitrogen and oxygen atoms in total.